The van der Waals surface area contributed by atoms with Gasteiger partial charge in [0.25, 0.3) is 0 Å². The number of alkyl carbamates (subject to hydrolysis) is 1. The largest absolute Gasteiger partial charge is 0.447 e. The molecule has 1 amide bonds. The lowest BCUT2D eigenvalue weighted by Crippen LogP contribution is -2.32. The van der Waals surface area contributed by atoms with Crippen LogP contribution in [0, 0.1) is 0 Å². The molecule has 0 bridgehead atoms. The van der Waals surface area contributed by atoms with E-state index in [4.69, 9.17) is 4.74 Å². The molecule has 0 aliphatic heterocycles. The van der Waals surface area contributed by atoms with Gasteiger partial charge < -0.3 is 15.2 Å². The standard InChI is InChI=1S/C12H17NO3/c1-9(2)16-12(15)13-11(8-14)10-6-4-3-5-7-10/h3-7,9,11,14H,8H2,1-2H3,(H,13,15)/t11-/m1/s1. The van der Waals surface area contributed by atoms with Crippen molar-refractivity contribution in [2.45, 2.75) is 26.0 Å². The van der Waals surface area contributed by atoms with E-state index in [2.05, 4.69) is 5.32 Å². The minimum atomic E-state index is -0.516. The summed E-state index contributed by atoms with van der Waals surface area (Å²) in [7, 11) is 0. The summed E-state index contributed by atoms with van der Waals surface area (Å²) in [5.74, 6) is 0. The van der Waals surface area contributed by atoms with Crippen molar-refractivity contribution in [3.8, 4) is 0 Å². The molecule has 0 spiro atoms. The van der Waals surface area contributed by atoms with Gasteiger partial charge in [-0.1, -0.05) is 30.3 Å². The van der Waals surface area contributed by atoms with Gasteiger partial charge in [0.2, 0.25) is 0 Å². The average Bonchev–Trinajstić information content (AvgIpc) is 2.26. The van der Waals surface area contributed by atoms with E-state index >= 15 is 0 Å². The molecule has 0 radical (unpaired) electrons. The van der Waals surface area contributed by atoms with Gasteiger partial charge >= 0.3 is 6.09 Å². The fourth-order valence-electron chi connectivity index (χ4n) is 1.31. The Labute approximate surface area is 95.2 Å². The maximum absolute atomic E-state index is 11.4. The van der Waals surface area contributed by atoms with Gasteiger partial charge in [0, 0.05) is 0 Å². The van der Waals surface area contributed by atoms with Crippen molar-refractivity contribution >= 4 is 6.09 Å². The van der Waals surface area contributed by atoms with E-state index < -0.39 is 12.1 Å². The third kappa shape index (κ3) is 3.90. The first-order valence-electron chi connectivity index (χ1n) is 5.26. The third-order valence-electron chi connectivity index (χ3n) is 2.02. The predicted molar refractivity (Wildman–Crippen MR) is 61.0 cm³/mol. The molecule has 0 fully saturated rings. The molecule has 0 unspecified atom stereocenters. The Kier molecular flexibility index (Phi) is 4.79. The summed E-state index contributed by atoms with van der Waals surface area (Å²) in [4.78, 5) is 11.4. The predicted octanol–water partition coefficient (Wildman–Crippen LogP) is 1.85. The van der Waals surface area contributed by atoms with Gasteiger partial charge in [0.05, 0.1) is 18.8 Å². The molecule has 0 saturated carbocycles. The number of amides is 1. The van der Waals surface area contributed by atoms with Gasteiger partial charge in [-0.2, -0.15) is 0 Å². The van der Waals surface area contributed by atoms with Crippen LogP contribution >= 0.6 is 0 Å². The van der Waals surface area contributed by atoms with Crippen LogP contribution in [0.2, 0.25) is 0 Å². The molecule has 0 aromatic heterocycles. The molecule has 2 N–H and O–H groups in total. The number of carbonyl (C=O) groups is 1. The highest BCUT2D eigenvalue weighted by atomic mass is 16.6. The fourth-order valence-corrected chi connectivity index (χ4v) is 1.31. The summed E-state index contributed by atoms with van der Waals surface area (Å²) >= 11 is 0. The van der Waals surface area contributed by atoms with Crippen molar-refractivity contribution in [3.05, 3.63) is 35.9 Å². The van der Waals surface area contributed by atoms with Crippen LogP contribution in [0.4, 0.5) is 4.79 Å². The Balaban J connectivity index is 2.59. The molecule has 0 saturated heterocycles. The minimum absolute atomic E-state index is 0.156. The summed E-state index contributed by atoms with van der Waals surface area (Å²) in [5.41, 5.74) is 0.853. The van der Waals surface area contributed by atoms with E-state index in [-0.39, 0.29) is 12.7 Å². The highest BCUT2D eigenvalue weighted by Gasteiger charge is 2.14. The van der Waals surface area contributed by atoms with Gasteiger partial charge in [0.1, 0.15) is 0 Å². The zero-order valence-corrected chi connectivity index (χ0v) is 9.51. The molecule has 0 aliphatic carbocycles. The summed E-state index contributed by atoms with van der Waals surface area (Å²) in [6.45, 7) is 3.39. The lowest BCUT2D eigenvalue weighted by Gasteiger charge is -2.17. The first-order chi connectivity index (χ1) is 7.63. The third-order valence-corrected chi connectivity index (χ3v) is 2.02. The number of ether oxygens (including phenoxy) is 1. The number of benzene rings is 1. The Bertz CT molecular complexity index is 324. The Morgan fingerprint density at radius 3 is 2.50 bits per heavy atom. The molecular formula is C12H17NO3. The monoisotopic (exact) mass is 223 g/mol. The van der Waals surface area contributed by atoms with Crippen LogP contribution in [0.15, 0.2) is 30.3 Å². The maximum Gasteiger partial charge on any atom is 0.407 e. The number of aliphatic hydroxyl groups excluding tert-OH is 1. The average molecular weight is 223 g/mol. The van der Waals surface area contributed by atoms with Crippen LogP contribution in [-0.4, -0.2) is 23.9 Å². The summed E-state index contributed by atoms with van der Waals surface area (Å²) in [5, 5.41) is 11.8. The normalized spacial score (nSPS) is 12.2. The van der Waals surface area contributed by atoms with Gasteiger partial charge in [0.15, 0.2) is 0 Å². The van der Waals surface area contributed by atoms with E-state index in [0.29, 0.717) is 0 Å². The van der Waals surface area contributed by atoms with Crippen LogP contribution in [0.25, 0.3) is 0 Å². The molecular weight excluding hydrogens is 206 g/mol. The van der Waals surface area contributed by atoms with E-state index in [9.17, 15) is 9.90 Å². The Morgan fingerprint density at radius 1 is 1.38 bits per heavy atom. The molecule has 0 aliphatic rings. The van der Waals surface area contributed by atoms with Crippen LogP contribution in [-0.2, 0) is 4.74 Å². The molecule has 4 heteroatoms. The zero-order valence-electron chi connectivity index (χ0n) is 9.51. The molecule has 0 heterocycles. The van der Waals surface area contributed by atoms with E-state index in [1.54, 1.807) is 13.8 Å². The maximum atomic E-state index is 11.4. The molecule has 16 heavy (non-hydrogen) atoms. The number of nitrogens with one attached hydrogen (secondary N) is 1. The lowest BCUT2D eigenvalue weighted by atomic mass is 10.1. The number of carbonyl (C=O) groups excluding carboxylic acids is 1. The molecule has 1 aromatic rings. The zero-order chi connectivity index (χ0) is 12.0. The molecule has 1 atom stereocenters. The van der Waals surface area contributed by atoms with Crippen LogP contribution in [0.3, 0.4) is 0 Å². The summed E-state index contributed by atoms with van der Waals surface area (Å²) < 4.78 is 4.94. The molecule has 1 aromatic carbocycles. The highest BCUT2D eigenvalue weighted by molar-refractivity contribution is 5.68. The van der Waals surface area contributed by atoms with E-state index in [1.807, 2.05) is 30.3 Å². The number of hydrogen-bond donors (Lipinski definition) is 2. The second-order valence-corrected chi connectivity index (χ2v) is 3.74. The second kappa shape index (κ2) is 6.12. The van der Waals surface area contributed by atoms with Crippen LogP contribution in [0.1, 0.15) is 25.5 Å². The first kappa shape index (κ1) is 12.5. The van der Waals surface area contributed by atoms with Crippen molar-refractivity contribution in [1.82, 2.24) is 5.32 Å². The lowest BCUT2D eigenvalue weighted by molar-refractivity contribution is 0.107. The van der Waals surface area contributed by atoms with Crippen LogP contribution in [0.5, 0.6) is 0 Å². The van der Waals surface area contributed by atoms with Crippen molar-refractivity contribution in [1.29, 1.82) is 0 Å². The van der Waals surface area contributed by atoms with Crippen molar-refractivity contribution in [3.63, 3.8) is 0 Å². The van der Waals surface area contributed by atoms with E-state index in [0.717, 1.165) is 5.56 Å². The van der Waals surface area contributed by atoms with E-state index in [1.165, 1.54) is 0 Å². The Morgan fingerprint density at radius 2 is 2.00 bits per heavy atom. The Hall–Kier alpha value is -1.55. The quantitative estimate of drug-likeness (QED) is 0.819. The SMILES string of the molecule is CC(C)OC(=O)N[C@H](CO)c1ccccc1. The summed E-state index contributed by atoms with van der Waals surface area (Å²) in [6.07, 6.45) is -0.687. The number of hydrogen-bond acceptors (Lipinski definition) is 3. The van der Waals surface area contributed by atoms with Gasteiger partial charge in [-0.25, -0.2) is 4.79 Å². The topological polar surface area (TPSA) is 58.6 Å². The molecule has 88 valence electrons. The smallest absolute Gasteiger partial charge is 0.407 e. The van der Waals surface area contributed by atoms with Crippen molar-refractivity contribution in [2.75, 3.05) is 6.61 Å². The molecule has 1 rings (SSSR count). The summed E-state index contributed by atoms with van der Waals surface area (Å²) in [6, 6.07) is 8.85. The second-order valence-electron chi connectivity index (χ2n) is 3.74. The highest BCUT2D eigenvalue weighted by Crippen LogP contribution is 2.11. The van der Waals surface area contributed by atoms with Crippen LogP contribution < -0.4 is 5.32 Å². The number of rotatable bonds is 4. The van der Waals surface area contributed by atoms with Gasteiger partial charge in [-0.15, -0.1) is 0 Å². The van der Waals surface area contributed by atoms with Crippen molar-refractivity contribution in [2.24, 2.45) is 0 Å². The minimum Gasteiger partial charge on any atom is -0.447 e. The van der Waals surface area contributed by atoms with Gasteiger partial charge in [-0.05, 0) is 19.4 Å². The molecule has 4 nitrogen and oxygen atoms in total. The fraction of sp³-hybridized carbons (Fsp3) is 0.417. The van der Waals surface area contributed by atoms with Gasteiger partial charge in [-0.3, -0.25) is 0 Å². The first-order valence-corrected chi connectivity index (χ1v) is 5.26. The number of aliphatic hydroxyl groups is 1. The van der Waals surface area contributed by atoms with Crippen molar-refractivity contribution < 1.29 is 14.6 Å².